The number of hydrogen-bond acceptors (Lipinski definition) is 3. The normalized spacial score (nSPS) is 23.0. The van der Waals surface area contributed by atoms with Crippen molar-refractivity contribution in [1.82, 2.24) is 10.2 Å². The van der Waals surface area contributed by atoms with Gasteiger partial charge in [0.1, 0.15) is 0 Å². The lowest BCUT2D eigenvalue weighted by atomic mass is 9.86. The van der Waals surface area contributed by atoms with E-state index in [2.05, 4.69) is 35.5 Å². The Balaban J connectivity index is 1.77. The van der Waals surface area contributed by atoms with Crippen LogP contribution in [0.25, 0.3) is 0 Å². The Bertz CT molecular complexity index is 443. The van der Waals surface area contributed by atoms with Gasteiger partial charge in [-0.05, 0) is 49.7 Å². The molecule has 2 atom stereocenters. The van der Waals surface area contributed by atoms with Gasteiger partial charge >= 0.3 is 0 Å². The molecule has 112 valence electrons. The number of amides is 1. The quantitative estimate of drug-likeness (QED) is 0.904. The topological polar surface area (TPSA) is 32.3 Å². The first-order valence-electron chi connectivity index (χ1n) is 7.57. The van der Waals surface area contributed by atoms with E-state index < -0.39 is 0 Å². The molecule has 1 aromatic heterocycles. The van der Waals surface area contributed by atoms with Gasteiger partial charge in [0.15, 0.2) is 0 Å². The van der Waals surface area contributed by atoms with Crippen LogP contribution in [-0.4, -0.2) is 30.4 Å². The summed E-state index contributed by atoms with van der Waals surface area (Å²) < 4.78 is 0. The highest BCUT2D eigenvalue weighted by Gasteiger charge is 2.23. The lowest BCUT2D eigenvalue weighted by Crippen LogP contribution is -2.44. The van der Waals surface area contributed by atoms with Gasteiger partial charge < -0.3 is 5.32 Å². The van der Waals surface area contributed by atoms with E-state index >= 15 is 0 Å². The van der Waals surface area contributed by atoms with Crippen molar-refractivity contribution < 1.29 is 4.79 Å². The number of rotatable bonds is 5. The van der Waals surface area contributed by atoms with E-state index in [9.17, 15) is 4.79 Å². The highest BCUT2D eigenvalue weighted by atomic mass is 32.1. The van der Waals surface area contributed by atoms with Crippen molar-refractivity contribution in [3.63, 3.8) is 0 Å². The van der Waals surface area contributed by atoms with Crippen LogP contribution >= 0.6 is 11.3 Å². The molecule has 2 rings (SSSR count). The van der Waals surface area contributed by atoms with Crippen LogP contribution in [-0.2, 0) is 11.3 Å². The zero-order chi connectivity index (χ0) is 14.5. The van der Waals surface area contributed by atoms with Crippen LogP contribution in [0.3, 0.4) is 0 Å². The third-order valence-corrected chi connectivity index (χ3v) is 5.26. The maximum atomic E-state index is 12.1. The van der Waals surface area contributed by atoms with Gasteiger partial charge in [-0.25, -0.2) is 0 Å². The van der Waals surface area contributed by atoms with Crippen LogP contribution in [0.15, 0.2) is 11.4 Å². The molecule has 1 saturated carbocycles. The largest absolute Gasteiger partial charge is 0.352 e. The molecule has 4 heteroatoms. The molecule has 1 aromatic rings. The molecular formula is C16H26N2OS. The van der Waals surface area contributed by atoms with Crippen molar-refractivity contribution in [1.29, 1.82) is 0 Å². The summed E-state index contributed by atoms with van der Waals surface area (Å²) >= 11 is 1.77. The molecule has 0 unspecified atom stereocenters. The fourth-order valence-electron chi connectivity index (χ4n) is 2.90. The van der Waals surface area contributed by atoms with Gasteiger partial charge in [-0.3, -0.25) is 9.69 Å². The molecule has 0 saturated heterocycles. The second kappa shape index (κ2) is 7.23. The Morgan fingerprint density at radius 1 is 1.45 bits per heavy atom. The number of hydrogen-bond donors (Lipinski definition) is 1. The van der Waals surface area contributed by atoms with Crippen molar-refractivity contribution >= 4 is 17.2 Å². The van der Waals surface area contributed by atoms with Crippen molar-refractivity contribution in [2.24, 2.45) is 5.92 Å². The average Bonchev–Trinajstić information content (AvgIpc) is 2.77. The lowest BCUT2D eigenvalue weighted by molar-refractivity contribution is -0.123. The maximum absolute atomic E-state index is 12.1. The second-order valence-electron chi connectivity index (χ2n) is 6.13. The summed E-state index contributed by atoms with van der Waals surface area (Å²) in [6, 6.07) is 2.52. The van der Waals surface area contributed by atoms with Gasteiger partial charge in [-0.1, -0.05) is 19.8 Å². The van der Waals surface area contributed by atoms with E-state index in [0.717, 1.165) is 13.0 Å². The first-order chi connectivity index (χ1) is 9.56. The van der Waals surface area contributed by atoms with Crippen LogP contribution in [0.4, 0.5) is 0 Å². The fourth-order valence-corrected chi connectivity index (χ4v) is 3.88. The number of nitrogens with zero attached hydrogens (tertiary/aromatic N) is 1. The molecule has 0 radical (unpaired) electrons. The maximum Gasteiger partial charge on any atom is 0.234 e. The summed E-state index contributed by atoms with van der Waals surface area (Å²) in [4.78, 5) is 15.6. The van der Waals surface area contributed by atoms with Gasteiger partial charge in [0, 0.05) is 17.5 Å². The molecule has 0 aliphatic heterocycles. The Kier molecular flexibility index (Phi) is 5.61. The van der Waals surface area contributed by atoms with E-state index in [1.165, 1.54) is 29.7 Å². The van der Waals surface area contributed by atoms with Crippen LogP contribution in [0.1, 0.15) is 43.0 Å². The first-order valence-corrected chi connectivity index (χ1v) is 8.45. The summed E-state index contributed by atoms with van der Waals surface area (Å²) in [7, 11) is 2.02. The Labute approximate surface area is 126 Å². The summed E-state index contributed by atoms with van der Waals surface area (Å²) in [6.07, 6.45) is 4.94. The SMILES string of the molecule is Cc1ccsc1CN(C)CC(=O)N[C@@H]1CCCC[C@@H]1C. The number of carbonyl (C=O) groups excluding carboxylic acids is 1. The van der Waals surface area contributed by atoms with Gasteiger partial charge in [-0.15, -0.1) is 11.3 Å². The van der Waals surface area contributed by atoms with Crippen molar-refractivity contribution in [3.05, 3.63) is 21.9 Å². The minimum absolute atomic E-state index is 0.167. The zero-order valence-electron chi connectivity index (χ0n) is 12.8. The van der Waals surface area contributed by atoms with Crippen LogP contribution < -0.4 is 5.32 Å². The van der Waals surface area contributed by atoms with E-state index in [1.807, 2.05) is 7.05 Å². The molecule has 20 heavy (non-hydrogen) atoms. The molecule has 0 aromatic carbocycles. The Hall–Kier alpha value is -0.870. The summed E-state index contributed by atoms with van der Waals surface area (Å²) in [5.74, 6) is 0.790. The molecule has 1 aliphatic carbocycles. The number of nitrogens with one attached hydrogen (secondary N) is 1. The predicted octanol–water partition coefficient (Wildman–Crippen LogP) is 3.18. The Morgan fingerprint density at radius 3 is 2.85 bits per heavy atom. The van der Waals surface area contributed by atoms with E-state index in [1.54, 1.807) is 11.3 Å². The number of carbonyl (C=O) groups is 1. The molecule has 0 spiro atoms. The molecule has 1 N–H and O–H groups in total. The monoisotopic (exact) mass is 294 g/mol. The third kappa shape index (κ3) is 4.32. The molecular weight excluding hydrogens is 268 g/mol. The highest BCUT2D eigenvalue weighted by molar-refractivity contribution is 7.10. The summed E-state index contributed by atoms with van der Waals surface area (Å²) in [5, 5.41) is 5.33. The van der Waals surface area contributed by atoms with Crippen LogP contribution in [0.2, 0.25) is 0 Å². The lowest BCUT2D eigenvalue weighted by Gasteiger charge is -2.30. The van der Waals surface area contributed by atoms with E-state index in [0.29, 0.717) is 18.5 Å². The van der Waals surface area contributed by atoms with Crippen molar-refractivity contribution in [2.75, 3.05) is 13.6 Å². The predicted molar refractivity (Wildman–Crippen MR) is 85.0 cm³/mol. The van der Waals surface area contributed by atoms with Gasteiger partial charge in [0.25, 0.3) is 0 Å². The molecule has 1 fully saturated rings. The molecule has 1 amide bonds. The second-order valence-corrected chi connectivity index (χ2v) is 7.14. The third-order valence-electron chi connectivity index (χ3n) is 4.25. The van der Waals surface area contributed by atoms with Gasteiger partial charge in [0.2, 0.25) is 5.91 Å². The summed E-state index contributed by atoms with van der Waals surface area (Å²) in [5.41, 5.74) is 1.32. The van der Waals surface area contributed by atoms with E-state index in [-0.39, 0.29) is 5.91 Å². The molecule has 0 bridgehead atoms. The minimum atomic E-state index is 0.167. The van der Waals surface area contributed by atoms with Gasteiger partial charge in [0.05, 0.1) is 6.54 Å². The van der Waals surface area contributed by atoms with Crippen LogP contribution in [0, 0.1) is 12.8 Å². The highest BCUT2D eigenvalue weighted by Crippen LogP contribution is 2.23. The Morgan fingerprint density at radius 2 is 2.20 bits per heavy atom. The van der Waals surface area contributed by atoms with Crippen molar-refractivity contribution in [3.8, 4) is 0 Å². The van der Waals surface area contributed by atoms with Crippen LogP contribution in [0.5, 0.6) is 0 Å². The smallest absolute Gasteiger partial charge is 0.234 e. The first kappa shape index (κ1) is 15.5. The van der Waals surface area contributed by atoms with Gasteiger partial charge in [-0.2, -0.15) is 0 Å². The summed E-state index contributed by atoms with van der Waals surface area (Å²) in [6.45, 7) is 5.73. The molecule has 3 nitrogen and oxygen atoms in total. The number of aryl methyl sites for hydroxylation is 1. The molecule has 1 heterocycles. The average molecular weight is 294 g/mol. The van der Waals surface area contributed by atoms with Crippen molar-refractivity contribution in [2.45, 2.75) is 52.1 Å². The fraction of sp³-hybridized carbons (Fsp3) is 0.688. The number of thiophene rings is 1. The molecule has 1 aliphatic rings. The minimum Gasteiger partial charge on any atom is -0.352 e. The number of likely N-dealkylation sites (N-methyl/N-ethyl adjacent to an activating group) is 1. The standard InChI is InChI=1S/C16H26N2OS/c1-12-6-4-5-7-14(12)17-16(19)11-18(3)10-15-13(2)8-9-20-15/h8-9,12,14H,4-7,10-11H2,1-3H3,(H,17,19)/t12-,14+/m0/s1. The van der Waals surface area contributed by atoms with E-state index in [4.69, 9.17) is 0 Å². The zero-order valence-corrected chi connectivity index (χ0v) is 13.6.